The predicted molar refractivity (Wildman–Crippen MR) is 77.7 cm³/mol. The lowest BCUT2D eigenvalue weighted by molar-refractivity contribution is 0.0265. The summed E-state index contributed by atoms with van der Waals surface area (Å²) < 4.78 is 31.8. The highest BCUT2D eigenvalue weighted by Crippen LogP contribution is 2.28. The van der Waals surface area contributed by atoms with Gasteiger partial charge in [-0.05, 0) is 31.2 Å². The lowest BCUT2D eigenvalue weighted by Crippen LogP contribution is -2.40. The molecule has 0 amide bonds. The third-order valence-corrected chi connectivity index (χ3v) is 4.97. The third-order valence-electron chi connectivity index (χ3n) is 3.56. The minimum absolute atomic E-state index is 0.0432. The number of sulfonamides is 1. The van der Waals surface area contributed by atoms with Gasteiger partial charge in [0.15, 0.2) is 0 Å². The van der Waals surface area contributed by atoms with Crippen LogP contribution in [-0.2, 0) is 14.8 Å². The molecule has 0 atom stereocenters. The van der Waals surface area contributed by atoms with Crippen LogP contribution in [0.5, 0.6) is 0 Å². The average molecular weight is 292 g/mol. The zero-order valence-electron chi connectivity index (χ0n) is 12.4. The van der Waals surface area contributed by atoms with Gasteiger partial charge < -0.3 is 10.1 Å². The van der Waals surface area contributed by atoms with Gasteiger partial charge in [-0.2, -0.15) is 0 Å². The van der Waals surface area contributed by atoms with E-state index in [1.54, 1.807) is 0 Å². The Bertz CT molecular complexity index is 349. The summed E-state index contributed by atoms with van der Waals surface area (Å²) in [5.74, 6) is 0.194. The highest BCUT2D eigenvalue weighted by Gasteiger charge is 2.28. The fourth-order valence-corrected chi connectivity index (χ4v) is 3.29. The van der Waals surface area contributed by atoms with Crippen LogP contribution in [0.4, 0.5) is 0 Å². The van der Waals surface area contributed by atoms with Crippen LogP contribution in [0.15, 0.2) is 0 Å². The molecule has 0 aromatic rings. The van der Waals surface area contributed by atoms with Crippen molar-refractivity contribution in [3.05, 3.63) is 0 Å². The van der Waals surface area contributed by atoms with E-state index in [0.29, 0.717) is 19.0 Å². The summed E-state index contributed by atoms with van der Waals surface area (Å²) in [5, 5.41) is 3.22. The van der Waals surface area contributed by atoms with Crippen LogP contribution in [0.2, 0.25) is 0 Å². The molecular formula is C13H28N2O3S. The first kappa shape index (κ1) is 16.9. The second-order valence-electron chi connectivity index (χ2n) is 6.03. The molecule has 1 heterocycles. The lowest BCUT2D eigenvalue weighted by Gasteiger charge is -2.33. The van der Waals surface area contributed by atoms with E-state index >= 15 is 0 Å². The molecule has 19 heavy (non-hydrogen) atoms. The molecular weight excluding hydrogens is 264 g/mol. The molecule has 0 saturated carbocycles. The van der Waals surface area contributed by atoms with Gasteiger partial charge in [-0.15, -0.1) is 0 Å². The van der Waals surface area contributed by atoms with E-state index in [9.17, 15) is 8.42 Å². The van der Waals surface area contributed by atoms with Gasteiger partial charge in [-0.1, -0.05) is 20.8 Å². The van der Waals surface area contributed by atoms with Crippen molar-refractivity contribution in [2.45, 2.75) is 46.1 Å². The van der Waals surface area contributed by atoms with Gasteiger partial charge in [0, 0.05) is 25.8 Å². The van der Waals surface area contributed by atoms with E-state index in [0.717, 1.165) is 32.6 Å². The standard InChI is InChI=1S/C13H28N2O3S/c1-12(2)14-7-4-10-19(16,17)15-11-13(3)5-8-18-9-6-13/h12,14-15H,4-11H2,1-3H3. The van der Waals surface area contributed by atoms with Gasteiger partial charge in [-0.3, -0.25) is 0 Å². The molecule has 0 spiro atoms. The Kier molecular flexibility index (Phi) is 6.73. The molecule has 1 aliphatic rings. The Hall–Kier alpha value is -0.170. The maximum absolute atomic E-state index is 11.9. The molecule has 0 radical (unpaired) electrons. The van der Waals surface area contributed by atoms with Gasteiger partial charge in [-0.25, -0.2) is 13.1 Å². The first-order valence-corrected chi connectivity index (χ1v) is 8.77. The summed E-state index contributed by atoms with van der Waals surface area (Å²) in [6, 6.07) is 0.400. The summed E-state index contributed by atoms with van der Waals surface area (Å²) in [6.07, 6.45) is 2.49. The molecule has 5 nitrogen and oxygen atoms in total. The summed E-state index contributed by atoms with van der Waals surface area (Å²) in [5.41, 5.74) is 0.0432. The zero-order valence-corrected chi connectivity index (χ0v) is 13.2. The number of rotatable bonds is 8. The summed E-state index contributed by atoms with van der Waals surface area (Å²) in [4.78, 5) is 0. The summed E-state index contributed by atoms with van der Waals surface area (Å²) in [6.45, 7) is 8.96. The van der Waals surface area contributed by atoms with Gasteiger partial charge in [0.1, 0.15) is 0 Å². The van der Waals surface area contributed by atoms with E-state index in [2.05, 4.69) is 30.8 Å². The van der Waals surface area contributed by atoms with Crippen LogP contribution in [0.25, 0.3) is 0 Å². The van der Waals surface area contributed by atoms with Gasteiger partial charge in [0.05, 0.1) is 5.75 Å². The van der Waals surface area contributed by atoms with Crippen molar-refractivity contribution in [3.8, 4) is 0 Å². The van der Waals surface area contributed by atoms with Crippen LogP contribution in [0.3, 0.4) is 0 Å². The Balaban J connectivity index is 2.26. The molecule has 0 unspecified atom stereocenters. The number of nitrogens with one attached hydrogen (secondary N) is 2. The number of hydrogen-bond acceptors (Lipinski definition) is 4. The quantitative estimate of drug-likeness (QED) is 0.658. The Morgan fingerprint density at radius 1 is 1.26 bits per heavy atom. The van der Waals surface area contributed by atoms with Crippen LogP contribution >= 0.6 is 0 Å². The first-order valence-electron chi connectivity index (χ1n) is 7.11. The van der Waals surface area contributed by atoms with Crippen molar-refractivity contribution in [2.24, 2.45) is 5.41 Å². The molecule has 6 heteroatoms. The minimum Gasteiger partial charge on any atom is -0.381 e. The van der Waals surface area contributed by atoms with E-state index in [1.807, 2.05) is 0 Å². The van der Waals surface area contributed by atoms with Crippen LogP contribution in [0.1, 0.15) is 40.0 Å². The molecule has 0 aliphatic carbocycles. The molecule has 1 saturated heterocycles. The zero-order chi connectivity index (χ0) is 14.4. The largest absolute Gasteiger partial charge is 0.381 e. The van der Waals surface area contributed by atoms with Gasteiger partial charge >= 0.3 is 0 Å². The Morgan fingerprint density at radius 3 is 2.47 bits per heavy atom. The van der Waals surface area contributed by atoms with Crippen molar-refractivity contribution in [3.63, 3.8) is 0 Å². The topological polar surface area (TPSA) is 67.4 Å². The normalized spacial score (nSPS) is 19.8. The van der Waals surface area contributed by atoms with Crippen molar-refractivity contribution in [1.82, 2.24) is 10.0 Å². The van der Waals surface area contributed by atoms with E-state index in [4.69, 9.17) is 4.74 Å². The van der Waals surface area contributed by atoms with E-state index in [1.165, 1.54) is 0 Å². The molecule has 0 aromatic heterocycles. The Morgan fingerprint density at radius 2 is 1.89 bits per heavy atom. The van der Waals surface area contributed by atoms with Crippen LogP contribution < -0.4 is 10.0 Å². The highest BCUT2D eigenvalue weighted by atomic mass is 32.2. The molecule has 0 aromatic carbocycles. The maximum Gasteiger partial charge on any atom is 0.211 e. The second kappa shape index (κ2) is 7.57. The van der Waals surface area contributed by atoms with Crippen molar-refractivity contribution < 1.29 is 13.2 Å². The monoisotopic (exact) mass is 292 g/mol. The third kappa shape index (κ3) is 7.25. The molecule has 114 valence electrons. The lowest BCUT2D eigenvalue weighted by atomic mass is 9.83. The first-order chi connectivity index (χ1) is 8.83. The second-order valence-corrected chi connectivity index (χ2v) is 7.95. The fourth-order valence-electron chi connectivity index (χ4n) is 2.05. The summed E-state index contributed by atoms with van der Waals surface area (Å²) in [7, 11) is -3.15. The van der Waals surface area contributed by atoms with Gasteiger partial charge in [0.25, 0.3) is 0 Å². The van der Waals surface area contributed by atoms with Crippen molar-refractivity contribution >= 4 is 10.0 Å². The van der Waals surface area contributed by atoms with E-state index < -0.39 is 10.0 Å². The summed E-state index contributed by atoms with van der Waals surface area (Å²) >= 11 is 0. The number of hydrogen-bond donors (Lipinski definition) is 2. The van der Waals surface area contributed by atoms with Gasteiger partial charge in [0.2, 0.25) is 10.0 Å². The molecule has 2 N–H and O–H groups in total. The molecule has 0 bridgehead atoms. The fraction of sp³-hybridized carbons (Fsp3) is 1.00. The van der Waals surface area contributed by atoms with Crippen LogP contribution in [-0.4, -0.2) is 46.5 Å². The minimum atomic E-state index is -3.15. The molecule has 1 rings (SSSR count). The highest BCUT2D eigenvalue weighted by molar-refractivity contribution is 7.89. The average Bonchev–Trinajstić information content (AvgIpc) is 2.34. The van der Waals surface area contributed by atoms with E-state index in [-0.39, 0.29) is 11.2 Å². The smallest absolute Gasteiger partial charge is 0.211 e. The number of ether oxygens (including phenoxy) is 1. The van der Waals surface area contributed by atoms with Crippen molar-refractivity contribution in [2.75, 3.05) is 32.1 Å². The predicted octanol–water partition coefficient (Wildman–Crippen LogP) is 1.11. The maximum atomic E-state index is 11.9. The Labute approximate surface area is 117 Å². The molecule has 1 fully saturated rings. The SMILES string of the molecule is CC(C)NCCCS(=O)(=O)NCC1(C)CCOCC1. The molecule has 1 aliphatic heterocycles. The van der Waals surface area contributed by atoms with Crippen molar-refractivity contribution in [1.29, 1.82) is 0 Å². The van der Waals surface area contributed by atoms with Crippen LogP contribution in [0, 0.1) is 5.41 Å².